The van der Waals surface area contributed by atoms with E-state index in [0.717, 1.165) is 22.8 Å². The van der Waals surface area contributed by atoms with Crippen LogP contribution < -0.4 is 5.32 Å². The number of hydrogen-bond donors (Lipinski definition) is 1. The second-order valence-electron chi connectivity index (χ2n) is 5.33. The Hall–Kier alpha value is -1.65. The highest BCUT2D eigenvalue weighted by Crippen LogP contribution is 2.27. The highest BCUT2D eigenvalue weighted by Gasteiger charge is 2.13. The van der Waals surface area contributed by atoms with Crippen molar-refractivity contribution in [2.45, 2.75) is 12.8 Å². The average Bonchev–Trinajstić information content (AvgIpc) is 3.20. The van der Waals surface area contributed by atoms with E-state index in [-0.39, 0.29) is 5.91 Å². The lowest BCUT2D eigenvalue weighted by Gasteiger charge is -2.14. The Kier molecular flexibility index (Phi) is 4.68. The normalized spacial score (nSPS) is 15.2. The van der Waals surface area contributed by atoms with Gasteiger partial charge in [-0.3, -0.25) is 4.79 Å². The molecule has 0 radical (unpaired) electrons. The molecule has 2 aromatic rings. The van der Waals surface area contributed by atoms with Gasteiger partial charge in [-0.1, -0.05) is 30.3 Å². The molecule has 4 heteroatoms. The minimum atomic E-state index is 0.0429. The summed E-state index contributed by atoms with van der Waals surface area (Å²) in [5, 5.41) is 3.02. The summed E-state index contributed by atoms with van der Waals surface area (Å²) in [5.74, 6) is 0.0429. The Morgan fingerprint density at radius 1 is 1.10 bits per heavy atom. The van der Waals surface area contributed by atoms with Crippen molar-refractivity contribution in [1.29, 1.82) is 0 Å². The number of nitrogens with zero attached hydrogens (tertiary/aromatic N) is 1. The second kappa shape index (κ2) is 6.87. The third kappa shape index (κ3) is 3.71. The number of rotatable bonds is 5. The molecular weight excluding hydrogens is 280 g/mol. The molecule has 21 heavy (non-hydrogen) atoms. The van der Waals surface area contributed by atoms with E-state index in [1.165, 1.54) is 31.5 Å². The molecule has 1 aromatic carbocycles. The SMILES string of the molecule is O=C(NCCN1CCCC1)c1ccc(-c2ccccc2)s1. The van der Waals surface area contributed by atoms with Crippen LogP contribution in [0.5, 0.6) is 0 Å². The van der Waals surface area contributed by atoms with Gasteiger partial charge in [-0.2, -0.15) is 0 Å². The number of likely N-dealkylation sites (tertiary alicyclic amines) is 1. The van der Waals surface area contributed by atoms with Gasteiger partial charge in [0.25, 0.3) is 5.91 Å². The van der Waals surface area contributed by atoms with Crippen LogP contribution in [0.15, 0.2) is 42.5 Å². The number of carbonyl (C=O) groups is 1. The minimum Gasteiger partial charge on any atom is -0.350 e. The van der Waals surface area contributed by atoms with Crippen LogP contribution in [0, 0.1) is 0 Å². The molecule has 1 aromatic heterocycles. The van der Waals surface area contributed by atoms with Crippen LogP contribution >= 0.6 is 11.3 Å². The number of benzene rings is 1. The van der Waals surface area contributed by atoms with Crippen LogP contribution in [0.25, 0.3) is 10.4 Å². The number of carbonyl (C=O) groups excluding carboxylic acids is 1. The molecule has 0 atom stereocenters. The van der Waals surface area contributed by atoms with Crippen molar-refractivity contribution in [2.24, 2.45) is 0 Å². The van der Waals surface area contributed by atoms with Crippen LogP contribution in [0.3, 0.4) is 0 Å². The van der Waals surface area contributed by atoms with E-state index < -0.39 is 0 Å². The molecule has 1 aliphatic rings. The Bertz CT molecular complexity index is 588. The molecule has 1 saturated heterocycles. The average molecular weight is 300 g/mol. The summed E-state index contributed by atoms with van der Waals surface area (Å²) in [6, 6.07) is 14.1. The Labute approximate surface area is 129 Å². The summed E-state index contributed by atoms with van der Waals surface area (Å²) in [7, 11) is 0. The number of hydrogen-bond acceptors (Lipinski definition) is 3. The van der Waals surface area contributed by atoms with Crippen molar-refractivity contribution < 1.29 is 4.79 Å². The topological polar surface area (TPSA) is 32.3 Å². The van der Waals surface area contributed by atoms with Gasteiger partial charge in [-0.15, -0.1) is 11.3 Å². The van der Waals surface area contributed by atoms with Crippen molar-refractivity contribution in [1.82, 2.24) is 10.2 Å². The molecule has 1 aliphatic heterocycles. The standard InChI is InChI=1S/C17H20N2OS/c20-17(18-10-13-19-11-4-5-12-19)16-9-8-15(21-16)14-6-2-1-3-7-14/h1-3,6-9H,4-5,10-13H2,(H,18,20). The summed E-state index contributed by atoms with van der Waals surface area (Å²) in [4.78, 5) is 16.5. The first-order valence-electron chi connectivity index (χ1n) is 7.49. The fraction of sp³-hybridized carbons (Fsp3) is 0.353. The first-order valence-corrected chi connectivity index (χ1v) is 8.30. The van der Waals surface area contributed by atoms with Crippen molar-refractivity contribution >= 4 is 17.2 Å². The molecule has 3 rings (SSSR count). The summed E-state index contributed by atoms with van der Waals surface area (Å²) in [6.07, 6.45) is 2.58. The van der Waals surface area contributed by atoms with Crippen molar-refractivity contribution in [3.05, 3.63) is 47.3 Å². The van der Waals surface area contributed by atoms with Crippen molar-refractivity contribution in [3.63, 3.8) is 0 Å². The molecule has 0 unspecified atom stereocenters. The maximum atomic E-state index is 12.1. The first-order chi connectivity index (χ1) is 10.3. The van der Waals surface area contributed by atoms with Crippen LogP contribution in [-0.2, 0) is 0 Å². The molecule has 1 fully saturated rings. The lowest BCUT2D eigenvalue weighted by molar-refractivity contribution is 0.0954. The van der Waals surface area contributed by atoms with E-state index in [2.05, 4.69) is 22.3 Å². The minimum absolute atomic E-state index is 0.0429. The lowest BCUT2D eigenvalue weighted by Crippen LogP contribution is -2.33. The van der Waals surface area contributed by atoms with E-state index in [1.807, 2.05) is 30.3 Å². The Morgan fingerprint density at radius 2 is 1.86 bits per heavy atom. The molecule has 0 saturated carbocycles. The monoisotopic (exact) mass is 300 g/mol. The fourth-order valence-electron chi connectivity index (χ4n) is 2.64. The zero-order valence-electron chi connectivity index (χ0n) is 12.0. The van der Waals surface area contributed by atoms with Gasteiger partial charge in [-0.05, 0) is 43.6 Å². The molecule has 0 aliphatic carbocycles. The van der Waals surface area contributed by atoms with E-state index in [0.29, 0.717) is 0 Å². The molecule has 1 amide bonds. The van der Waals surface area contributed by atoms with Gasteiger partial charge in [0.2, 0.25) is 0 Å². The zero-order valence-corrected chi connectivity index (χ0v) is 12.9. The second-order valence-corrected chi connectivity index (χ2v) is 6.42. The molecule has 2 heterocycles. The van der Waals surface area contributed by atoms with Crippen molar-refractivity contribution in [3.8, 4) is 10.4 Å². The summed E-state index contributed by atoms with van der Waals surface area (Å²) < 4.78 is 0. The third-order valence-corrected chi connectivity index (χ3v) is 4.93. The number of amides is 1. The largest absolute Gasteiger partial charge is 0.350 e. The Morgan fingerprint density at radius 3 is 2.62 bits per heavy atom. The molecule has 0 spiro atoms. The van der Waals surface area contributed by atoms with Gasteiger partial charge < -0.3 is 10.2 Å². The summed E-state index contributed by atoms with van der Waals surface area (Å²) in [6.45, 7) is 4.04. The quantitative estimate of drug-likeness (QED) is 0.919. The molecule has 3 nitrogen and oxygen atoms in total. The first kappa shape index (κ1) is 14.3. The predicted octanol–water partition coefficient (Wildman–Crippen LogP) is 3.24. The lowest BCUT2D eigenvalue weighted by atomic mass is 10.2. The molecule has 0 bridgehead atoms. The molecular formula is C17H20N2OS. The van der Waals surface area contributed by atoms with Crippen LogP contribution in [-0.4, -0.2) is 37.0 Å². The van der Waals surface area contributed by atoms with Gasteiger partial charge >= 0.3 is 0 Å². The predicted molar refractivity (Wildman–Crippen MR) is 87.8 cm³/mol. The maximum absolute atomic E-state index is 12.1. The van der Waals surface area contributed by atoms with Gasteiger partial charge in [0.15, 0.2) is 0 Å². The number of thiophene rings is 1. The zero-order chi connectivity index (χ0) is 14.5. The number of nitrogens with one attached hydrogen (secondary N) is 1. The van der Waals surface area contributed by atoms with Gasteiger partial charge in [0.05, 0.1) is 4.88 Å². The van der Waals surface area contributed by atoms with E-state index in [9.17, 15) is 4.79 Å². The third-order valence-electron chi connectivity index (χ3n) is 3.80. The van der Waals surface area contributed by atoms with Crippen LogP contribution in [0.2, 0.25) is 0 Å². The molecule has 110 valence electrons. The highest BCUT2D eigenvalue weighted by atomic mass is 32.1. The summed E-state index contributed by atoms with van der Waals surface area (Å²) in [5.41, 5.74) is 1.17. The van der Waals surface area contributed by atoms with E-state index in [1.54, 1.807) is 11.3 Å². The van der Waals surface area contributed by atoms with E-state index >= 15 is 0 Å². The fourth-order valence-corrected chi connectivity index (χ4v) is 3.57. The summed E-state index contributed by atoms with van der Waals surface area (Å²) >= 11 is 1.55. The van der Waals surface area contributed by atoms with Crippen LogP contribution in [0.1, 0.15) is 22.5 Å². The molecule has 1 N–H and O–H groups in total. The smallest absolute Gasteiger partial charge is 0.261 e. The van der Waals surface area contributed by atoms with Crippen LogP contribution in [0.4, 0.5) is 0 Å². The highest BCUT2D eigenvalue weighted by molar-refractivity contribution is 7.17. The Balaban J connectivity index is 1.54. The van der Waals surface area contributed by atoms with Gasteiger partial charge in [0, 0.05) is 18.0 Å². The maximum Gasteiger partial charge on any atom is 0.261 e. The van der Waals surface area contributed by atoms with Gasteiger partial charge in [-0.25, -0.2) is 0 Å². The van der Waals surface area contributed by atoms with Crippen molar-refractivity contribution in [2.75, 3.05) is 26.2 Å². The van der Waals surface area contributed by atoms with Gasteiger partial charge in [0.1, 0.15) is 0 Å². The van der Waals surface area contributed by atoms with E-state index in [4.69, 9.17) is 0 Å².